The molecule has 0 aliphatic rings. The maximum atomic E-state index is 12.2. The van der Waals surface area contributed by atoms with Gasteiger partial charge in [-0.25, -0.2) is 0 Å². The SMILES string of the molecule is Cc1ccc(Cn2cccc(/C(N)=N/O)c2=O)c(Cl)c1. The number of oxime groups is 1. The molecule has 0 spiro atoms. The van der Waals surface area contributed by atoms with Gasteiger partial charge in [0.1, 0.15) is 0 Å². The molecule has 104 valence electrons. The quantitative estimate of drug-likeness (QED) is 0.392. The highest BCUT2D eigenvalue weighted by Crippen LogP contribution is 2.18. The Hall–Kier alpha value is -2.27. The van der Waals surface area contributed by atoms with Crippen molar-refractivity contribution in [1.29, 1.82) is 0 Å². The maximum absolute atomic E-state index is 12.2. The van der Waals surface area contributed by atoms with Crippen LogP contribution in [-0.4, -0.2) is 15.6 Å². The van der Waals surface area contributed by atoms with Crippen molar-refractivity contribution >= 4 is 17.4 Å². The summed E-state index contributed by atoms with van der Waals surface area (Å²) in [7, 11) is 0. The normalized spacial score (nSPS) is 11.6. The first-order chi connectivity index (χ1) is 9.52. The van der Waals surface area contributed by atoms with Crippen LogP contribution in [0.15, 0.2) is 46.5 Å². The molecule has 2 aromatic rings. The van der Waals surface area contributed by atoms with Gasteiger partial charge in [0, 0.05) is 11.2 Å². The Labute approximate surface area is 120 Å². The van der Waals surface area contributed by atoms with Crippen LogP contribution in [0.4, 0.5) is 0 Å². The number of amidine groups is 1. The van der Waals surface area contributed by atoms with Gasteiger partial charge in [0.2, 0.25) is 0 Å². The summed E-state index contributed by atoms with van der Waals surface area (Å²) in [6.45, 7) is 2.27. The number of aryl methyl sites for hydroxylation is 1. The third-order valence-corrected chi connectivity index (χ3v) is 3.30. The van der Waals surface area contributed by atoms with E-state index in [0.717, 1.165) is 11.1 Å². The van der Waals surface area contributed by atoms with E-state index in [9.17, 15) is 4.79 Å². The first kappa shape index (κ1) is 14.1. The summed E-state index contributed by atoms with van der Waals surface area (Å²) in [5, 5.41) is 12.1. The molecule has 0 atom stereocenters. The van der Waals surface area contributed by atoms with Crippen LogP contribution in [-0.2, 0) is 6.54 Å². The molecule has 0 fully saturated rings. The van der Waals surface area contributed by atoms with Crippen LogP contribution in [0.5, 0.6) is 0 Å². The number of nitrogens with two attached hydrogens (primary N) is 1. The van der Waals surface area contributed by atoms with Crippen molar-refractivity contribution in [3.05, 3.63) is 68.6 Å². The standard InChI is InChI=1S/C14H14ClN3O2/c1-9-4-5-10(12(15)7-9)8-18-6-2-3-11(14(18)19)13(16)17-20/h2-7,20H,8H2,1H3,(H2,16,17). The Morgan fingerprint density at radius 2 is 2.20 bits per heavy atom. The predicted molar refractivity (Wildman–Crippen MR) is 78.5 cm³/mol. The fraction of sp³-hybridized carbons (Fsp3) is 0.143. The van der Waals surface area contributed by atoms with Crippen LogP contribution in [0.25, 0.3) is 0 Å². The molecular weight excluding hydrogens is 278 g/mol. The van der Waals surface area contributed by atoms with Crippen LogP contribution in [0.1, 0.15) is 16.7 Å². The van der Waals surface area contributed by atoms with Gasteiger partial charge >= 0.3 is 0 Å². The molecule has 0 bridgehead atoms. The van der Waals surface area contributed by atoms with Crippen molar-refractivity contribution in [3.8, 4) is 0 Å². The molecule has 0 radical (unpaired) electrons. The number of rotatable bonds is 3. The number of pyridine rings is 1. The molecule has 6 heteroatoms. The van der Waals surface area contributed by atoms with Gasteiger partial charge in [-0.1, -0.05) is 28.9 Å². The summed E-state index contributed by atoms with van der Waals surface area (Å²) < 4.78 is 1.46. The summed E-state index contributed by atoms with van der Waals surface area (Å²) in [6, 6.07) is 8.82. The zero-order valence-electron chi connectivity index (χ0n) is 10.9. The second kappa shape index (κ2) is 5.79. The Morgan fingerprint density at radius 1 is 1.45 bits per heavy atom. The lowest BCUT2D eigenvalue weighted by Crippen LogP contribution is -2.29. The fourth-order valence-electron chi connectivity index (χ4n) is 1.87. The highest BCUT2D eigenvalue weighted by atomic mass is 35.5. The molecule has 0 aliphatic carbocycles. The van der Waals surface area contributed by atoms with Gasteiger partial charge in [-0.3, -0.25) is 4.79 Å². The molecule has 3 N–H and O–H groups in total. The van der Waals surface area contributed by atoms with E-state index >= 15 is 0 Å². The lowest BCUT2D eigenvalue weighted by Gasteiger charge is -2.09. The summed E-state index contributed by atoms with van der Waals surface area (Å²) in [4.78, 5) is 12.2. The van der Waals surface area contributed by atoms with E-state index in [1.54, 1.807) is 12.3 Å². The molecule has 0 saturated carbocycles. The molecule has 0 aliphatic heterocycles. The summed E-state index contributed by atoms with van der Waals surface area (Å²) in [6.07, 6.45) is 1.63. The van der Waals surface area contributed by atoms with Crippen LogP contribution in [0.3, 0.4) is 0 Å². The van der Waals surface area contributed by atoms with Gasteiger partial charge in [0.25, 0.3) is 5.56 Å². The Morgan fingerprint density at radius 3 is 2.85 bits per heavy atom. The Bertz CT molecular complexity index is 723. The van der Waals surface area contributed by atoms with Gasteiger partial charge in [-0.15, -0.1) is 0 Å². The third-order valence-electron chi connectivity index (χ3n) is 2.95. The van der Waals surface area contributed by atoms with Crippen molar-refractivity contribution in [1.82, 2.24) is 4.57 Å². The zero-order chi connectivity index (χ0) is 14.7. The van der Waals surface area contributed by atoms with Gasteiger partial charge in [0.15, 0.2) is 5.84 Å². The van der Waals surface area contributed by atoms with Crippen molar-refractivity contribution in [2.75, 3.05) is 0 Å². The van der Waals surface area contributed by atoms with Crippen LogP contribution in [0.2, 0.25) is 5.02 Å². The average Bonchev–Trinajstić information content (AvgIpc) is 2.43. The second-order valence-electron chi connectivity index (χ2n) is 4.44. The molecule has 5 nitrogen and oxygen atoms in total. The molecule has 0 amide bonds. The number of hydrogen-bond acceptors (Lipinski definition) is 3. The zero-order valence-corrected chi connectivity index (χ0v) is 11.6. The van der Waals surface area contributed by atoms with Gasteiger partial charge in [-0.2, -0.15) is 0 Å². The molecule has 0 saturated heterocycles. The second-order valence-corrected chi connectivity index (χ2v) is 4.84. The van der Waals surface area contributed by atoms with Crippen LogP contribution < -0.4 is 11.3 Å². The molecule has 1 aromatic heterocycles. The molecular formula is C14H14ClN3O2. The number of aromatic nitrogens is 1. The van der Waals surface area contributed by atoms with Crippen molar-refractivity contribution in [2.45, 2.75) is 13.5 Å². The van der Waals surface area contributed by atoms with E-state index in [-0.39, 0.29) is 17.0 Å². The van der Waals surface area contributed by atoms with Crippen LogP contribution >= 0.6 is 11.6 Å². The van der Waals surface area contributed by atoms with Gasteiger partial charge in [-0.05, 0) is 36.2 Å². The lowest BCUT2D eigenvalue weighted by atomic mass is 10.1. The monoisotopic (exact) mass is 291 g/mol. The minimum absolute atomic E-state index is 0.151. The first-order valence-corrected chi connectivity index (χ1v) is 6.33. The average molecular weight is 292 g/mol. The topological polar surface area (TPSA) is 80.6 Å². The lowest BCUT2D eigenvalue weighted by molar-refractivity contribution is 0.318. The number of hydrogen-bond donors (Lipinski definition) is 2. The minimum atomic E-state index is -0.334. The molecule has 2 rings (SSSR count). The van der Waals surface area contributed by atoms with E-state index in [0.29, 0.717) is 11.6 Å². The summed E-state index contributed by atoms with van der Waals surface area (Å²) >= 11 is 6.16. The number of nitrogens with zero attached hydrogens (tertiary/aromatic N) is 2. The molecule has 20 heavy (non-hydrogen) atoms. The summed E-state index contributed by atoms with van der Waals surface area (Å²) in [5.74, 6) is -0.209. The van der Waals surface area contributed by atoms with E-state index in [1.165, 1.54) is 10.6 Å². The van der Waals surface area contributed by atoms with E-state index < -0.39 is 0 Å². The maximum Gasteiger partial charge on any atom is 0.261 e. The number of halogens is 1. The number of benzene rings is 1. The van der Waals surface area contributed by atoms with Crippen molar-refractivity contribution < 1.29 is 5.21 Å². The van der Waals surface area contributed by atoms with Crippen LogP contribution in [0, 0.1) is 6.92 Å². The van der Waals surface area contributed by atoms with E-state index in [4.69, 9.17) is 22.5 Å². The molecule has 1 aromatic carbocycles. The minimum Gasteiger partial charge on any atom is -0.409 e. The first-order valence-electron chi connectivity index (χ1n) is 5.95. The summed E-state index contributed by atoms with van der Waals surface area (Å²) in [5.41, 5.74) is 7.17. The van der Waals surface area contributed by atoms with Crippen molar-refractivity contribution in [3.63, 3.8) is 0 Å². The van der Waals surface area contributed by atoms with Gasteiger partial charge < -0.3 is 15.5 Å². The molecule has 0 unspecified atom stereocenters. The fourth-order valence-corrected chi connectivity index (χ4v) is 2.17. The predicted octanol–water partition coefficient (Wildman–Crippen LogP) is 1.95. The van der Waals surface area contributed by atoms with Gasteiger partial charge in [0.05, 0.1) is 12.1 Å². The van der Waals surface area contributed by atoms with E-state index in [1.807, 2.05) is 25.1 Å². The Kier molecular flexibility index (Phi) is 4.10. The van der Waals surface area contributed by atoms with E-state index in [2.05, 4.69) is 5.16 Å². The highest BCUT2D eigenvalue weighted by Gasteiger charge is 2.09. The smallest absolute Gasteiger partial charge is 0.261 e. The van der Waals surface area contributed by atoms with Crippen molar-refractivity contribution in [2.24, 2.45) is 10.9 Å². The molecule has 1 heterocycles. The Balaban J connectivity index is 2.42. The largest absolute Gasteiger partial charge is 0.409 e. The highest BCUT2D eigenvalue weighted by molar-refractivity contribution is 6.31. The third kappa shape index (κ3) is 2.83.